The Labute approximate surface area is 104 Å². The van der Waals surface area contributed by atoms with Gasteiger partial charge in [0.05, 0.1) is 0 Å². The number of nitrogens with one attached hydrogen (secondary N) is 1. The highest BCUT2D eigenvalue weighted by molar-refractivity contribution is 5.80. The van der Waals surface area contributed by atoms with Crippen LogP contribution in [0.4, 0.5) is 0 Å². The fourth-order valence-corrected chi connectivity index (χ4v) is 1.90. The second-order valence-electron chi connectivity index (χ2n) is 4.39. The number of ketones is 1. The first-order valence-electron chi connectivity index (χ1n) is 6.36. The molecule has 0 aromatic heterocycles. The molecule has 0 aromatic carbocycles. The predicted molar refractivity (Wildman–Crippen MR) is 69.8 cm³/mol. The molecule has 5 nitrogen and oxygen atoms in total. The highest BCUT2D eigenvalue weighted by Gasteiger charge is 2.16. The van der Waals surface area contributed by atoms with Crippen LogP contribution in [0.2, 0.25) is 0 Å². The van der Waals surface area contributed by atoms with E-state index in [1.807, 2.05) is 20.9 Å². The van der Waals surface area contributed by atoms with E-state index in [0.29, 0.717) is 24.8 Å². The molecule has 0 radical (unpaired) electrons. The maximum absolute atomic E-state index is 11.5. The number of hydrogen-bond acceptors (Lipinski definition) is 3. The Balaban J connectivity index is 3.83. The van der Waals surface area contributed by atoms with E-state index in [9.17, 15) is 4.79 Å². The van der Waals surface area contributed by atoms with E-state index in [2.05, 4.69) is 15.3 Å². The minimum Gasteiger partial charge on any atom is -0.317 e. The maximum atomic E-state index is 11.5. The molecule has 2 atom stereocenters. The number of nitrogens with zero attached hydrogens (tertiary/aromatic N) is 3. The minimum atomic E-state index is 0.134. The molecular formula is C12H24N4O. The Bertz CT molecular complexity index is 261. The number of rotatable bonds is 10. The Hall–Kier alpha value is -1.06. The molecule has 0 fully saturated rings. The molecule has 0 amide bonds. The smallest absolute Gasteiger partial charge is 0.135 e. The molecule has 1 N–H and O–H groups in total. The molecule has 0 rings (SSSR count). The highest BCUT2D eigenvalue weighted by atomic mass is 16.1. The van der Waals surface area contributed by atoms with Crippen molar-refractivity contribution in [2.24, 2.45) is 11.0 Å². The van der Waals surface area contributed by atoms with Crippen molar-refractivity contribution in [1.29, 1.82) is 0 Å². The zero-order valence-electron chi connectivity index (χ0n) is 11.1. The summed E-state index contributed by atoms with van der Waals surface area (Å²) >= 11 is 0. The quantitative estimate of drug-likeness (QED) is 0.276. The van der Waals surface area contributed by atoms with Gasteiger partial charge < -0.3 is 5.32 Å². The van der Waals surface area contributed by atoms with Gasteiger partial charge in [0.15, 0.2) is 0 Å². The van der Waals surface area contributed by atoms with E-state index in [-0.39, 0.29) is 5.92 Å². The maximum Gasteiger partial charge on any atom is 0.135 e. The van der Waals surface area contributed by atoms with Gasteiger partial charge in [-0.1, -0.05) is 25.4 Å². The molecule has 0 saturated carbocycles. The van der Waals surface area contributed by atoms with E-state index in [4.69, 9.17) is 5.53 Å². The van der Waals surface area contributed by atoms with E-state index in [1.54, 1.807) is 0 Å². The number of unbranched alkanes of at least 4 members (excludes halogenated alkanes) is 1. The first-order valence-corrected chi connectivity index (χ1v) is 6.36. The number of azide groups is 1. The lowest BCUT2D eigenvalue weighted by molar-refractivity contribution is -0.122. The zero-order valence-corrected chi connectivity index (χ0v) is 11.1. The summed E-state index contributed by atoms with van der Waals surface area (Å²) in [5.41, 5.74) is 8.14. The molecule has 0 aliphatic rings. The lowest BCUT2D eigenvalue weighted by Gasteiger charge is -2.19. The van der Waals surface area contributed by atoms with Crippen LogP contribution in [0.3, 0.4) is 0 Å². The van der Waals surface area contributed by atoms with Crippen LogP contribution in [-0.4, -0.2) is 25.4 Å². The molecular weight excluding hydrogens is 216 g/mol. The van der Waals surface area contributed by atoms with Gasteiger partial charge in [-0.25, -0.2) is 0 Å². The third kappa shape index (κ3) is 7.77. The number of Topliss-reactive ketones (excluding diaryl/α,β-unsaturated/α-hetero) is 1. The van der Waals surface area contributed by atoms with Gasteiger partial charge in [0.2, 0.25) is 0 Å². The summed E-state index contributed by atoms with van der Waals surface area (Å²) < 4.78 is 0. The predicted octanol–water partition coefficient (Wildman–Crippen LogP) is 3.06. The van der Waals surface area contributed by atoms with Gasteiger partial charge in [0.1, 0.15) is 5.78 Å². The van der Waals surface area contributed by atoms with E-state index >= 15 is 0 Å². The fourth-order valence-electron chi connectivity index (χ4n) is 1.90. The number of carbonyl (C=O) groups excluding carboxylic acids is 1. The summed E-state index contributed by atoms with van der Waals surface area (Å²) in [6.07, 6.45) is 4.48. The normalized spacial score (nSPS) is 13.8. The molecule has 0 heterocycles. The Morgan fingerprint density at radius 2 is 2.18 bits per heavy atom. The van der Waals surface area contributed by atoms with Crippen LogP contribution in [0.25, 0.3) is 10.4 Å². The largest absolute Gasteiger partial charge is 0.317 e. The van der Waals surface area contributed by atoms with Crippen LogP contribution in [0.15, 0.2) is 5.11 Å². The molecule has 17 heavy (non-hydrogen) atoms. The van der Waals surface area contributed by atoms with Crippen LogP contribution in [0.1, 0.15) is 46.0 Å². The topological polar surface area (TPSA) is 77.9 Å². The molecule has 98 valence electrons. The van der Waals surface area contributed by atoms with Crippen molar-refractivity contribution in [3.8, 4) is 0 Å². The van der Waals surface area contributed by atoms with Crippen LogP contribution in [0.5, 0.6) is 0 Å². The van der Waals surface area contributed by atoms with Crippen molar-refractivity contribution in [2.45, 2.75) is 52.0 Å². The molecule has 0 spiro atoms. The first-order chi connectivity index (χ1) is 8.15. The van der Waals surface area contributed by atoms with Gasteiger partial charge in [0.25, 0.3) is 0 Å². The summed E-state index contributed by atoms with van der Waals surface area (Å²) in [5, 5.41) is 6.75. The lowest BCUT2D eigenvalue weighted by atomic mass is 9.93. The van der Waals surface area contributed by atoms with Gasteiger partial charge in [-0.15, -0.1) is 0 Å². The monoisotopic (exact) mass is 240 g/mol. The summed E-state index contributed by atoms with van der Waals surface area (Å²) in [5.74, 6) is 0.467. The summed E-state index contributed by atoms with van der Waals surface area (Å²) in [4.78, 5) is 14.2. The Morgan fingerprint density at radius 3 is 2.71 bits per heavy atom. The molecule has 0 aliphatic heterocycles. The third-order valence-corrected chi connectivity index (χ3v) is 3.07. The lowest BCUT2D eigenvalue weighted by Crippen LogP contribution is -2.29. The molecule has 0 aromatic rings. The van der Waals surface area contributed by atoms with Gasteiger partial charge >= 0.3 is 0 Å². The molecule has 1 unspecified atom stereocenters. The van der Waals surface area contributed by atoms with E-state index < -0.39 is 0 Å². The van der Waals surface area contributed by atoms with Crippen molar-refractivity contribution in [2.75, 3.05) is 13.6 Å². The van der Waals surface area contributed by atoms with Crippen molar-refractivity contribution in [1.82, 2.24) is 5.32 Å². The summed E-state index contributed by atoms with van der Waals surface area (Å²) in [6, 6.07) is 0.381. The summed E-state index contributed by atoms with van der Waals surface area (Å²) in [7, 11) is 1.93. The molecule has 0 aliphatic carbocycles. The Morgan fingerprint density at radius 1 is 1.47 bits per heavy atom. The summed E-state index contributed by atoms with van der Waals surface area (Å²) in [6.45, 7) is 4.47. The fraction of sp³-hybridized carbons (Fsp3) is 0.917. The zero-order chi connectivity index (χ0) is 13.1. The molecule has 5 heteroatoms. The number of hydrogen-bond donors (Lipinski definition) is 1. The second-order valence-corrected chi connectivity index (χ2v) is 4.39. The Kier molecular flexibility index (Phi) is 9.49. The van der Waals surface area contributed by atoms with Crippen LogP contribution < -0.4 is 5.32 Å². The third-order valence-electron chi connectivity index (χ3n) is 3.07. The SMILES string of the molecule is CCC(=O)C(C)C[C@H](CCCCN=[N+]=[N-])NC. The van der Waals surface area contributed by atoms with E-state index in [1.165, 1.54) is 0 Å². The van der Waals surface area contributed by atoms with Crippen LogP contribution in [0, 0.1) is 5.92 Å². The van der Waals surface area contributed by atoms with Gasteiger partial charge in [-0.3, -0.25) is 4.79 Å². The van der Waals surface area contributed by atoms with Crippen LogP contribution >= 0.6 is 0 Å². The van der Waals surface area contributed by atoms with Crippen molar-refractivity contribution in [3.63, 3.8) is 0 Å². The van der Waals surface area contributed by atoms with Crippen molar-refractivity contribution >= 4 is 5.78 Å². The van der Waals surface area contributed by atoms with Crippen LogP contribution in [-0.2, 0) is 4.79 Å². The average molecular weight is 240 g/mol. The first kappa shape index (κ1) is 15.9. The standard InChI is InChI=1S/C12H24N4O/c1-4-12(17)10(2)9-11(14-3)7-5-6-8-15-16-13/h10-11,14H,4-9H2,1-3H3/t10?,11-/m0/s1. The molecule has 0 saturated heterocycles. The highest BCUT2D eigenvalue weighted by Crippen LogP contribution is 2.13. The van der Waals surface area contributed by atoms with Gasteiger partial charge in [0, 0.05) is 29.8 Å². The average Bonchev–Trinajstić information content (AvgIpc) is 2.35. The van der Waals surface area contributed by atoms with E-state index in [0.717, 1.165) is 25.7 Å². The number of carbonyl (C=O) groups is 1. The van der Waals surface area contributed by atoms with Gasteiger partial charge in [-0.2, -0.15) is 0 Å². The molecule has 0 bridgehead atoms. The van der Waals surface area contributed by atoms with Crippen molar-refractivity contribution < 1.29 is 4.79 Å². The van der Waals surface area contributed by atoms with Gasteiger partial charge in [-0.05, 0) is 31.8 Å². The van der Waals surface area contributed by atoms with Crippen molar-refractivity contribution in [3.05, 3.63) is 10.4 Å². The second kappa shape index (κ2) is 10.1. The minimum absolute atomic E-state index is 0.134.